The van der Waals surface area contributed by atoms with Crippen molar-refractivity contribution in [3.8, 4) is 0 Å². The molecule has 0 radical (unpaired) electrons. The number of carbonyl (C=O) groups excluding carboxylic acids is 1. The molecule has 108 valence electrons. The summed E-state index contributed by atoms with van der Waals surface area (Å²) in [5.41, 5.74) is 1.78. The van der Waals surface area contributed by atoms with Gasteiger partial charge in [-0.2, -0.15) is 0 Å². The summed E-state index contributed by atoms with van der Waals surface area (Å²) in [4.78, 5) is 23.1. The third-order valence-corrected chi connectivity index (χ3v) is 4.08. The van der Waals surface area contributed by atoms with E-state index < -0.39 is 5.97 Å². The van der Waals surface area contributed by atoms with Crippen LogP contribution >= 0.6 is 27.5 Å². The second-order valence-electron chi connectivity index (χ2n) is 4.42. The topological polar surface area (TPSA) is 66.4 Å². The molecule has 0 aromatic heterocycles. The Morgan fingerprint density at radius 1 is 1.14 bits per heavy atom. The van der Waals surface area contributed by atoms with Crippen LogP contribution in [0.1, 0.15) is 26.3 Å². The van der Waals surface area contributed by atoms with Gasteiger partial charge in [0, 0.05) is 10.0 Å². The average Bonchev–Trinajstić information content (AvgIpc) is 2.43. The lowest BCUT2D eigenvalue weighted by Gasteiger charge is -2.09. The molecule has 0 fully saturated rings. The Morgan fingerprint density at radius 3 is 2.43 bits per heavy atom. The summed E-state index contributed by atoms with van der Waals surface area (Å²) in [5, 5.41) is 11.8. The number of hydrogen-bond acceptors (Lipinski definition) is 2. The maximum atomic E-state index is 12.2. The van der Waals surface area contributed by atoms with Gasteiger partial charge in [-0.25, -0.2) is 4.79 Å². The van der Waals surface area contributed by atoms with Crippen LogP contribution in [0.4, 0.5) is 5.69 Å². The van der Waals surface area contributed by atoms with E-state index in [0.29, 0.717) is 5.56 Å². The van der Waals surface area contributed by atoms with Crippen molar-refractivity contribution in [3.63, 3.8) is 0 Å². The van der Waals surface area contributed by atoms with Crippen LogP contribution in [0.15, 0.2) is 40.9 Å². The molecule has 0 bridgehead atoms. The second kappa shape index (κ2) is 6.28. The number of halogens is 2. The van der Waals surface area contributed by atoms with Crippen molar-refractivity contribution in [1.82, 2.24) is 0 Å². The van der Waals surface area contributed by atoms with Crippen molar-refractivity contribution < 1.29 is 14.7 Å². The standard InChI is InChI=1S/C15H11BrClNO3/c1-8-2-3-9(6-11(8)16)14(19)18-13-7-10(15(20)21)4-5-12(13)17/h2-7H,1H3,(H,18,19)(H,20,21). The van der Waals surface area contributed by atoms with Crippen molar-refractivity contribution in [2.24, 2.45) is 0 Å². The summed E-state index contributed by atoms with van der Waals surface area (Å²) in [7, 11) is 0. The van der Waals surface area contributed by atoms with Crippen LogP contribution in [0.5, 0.6) is 0 Å². The summed E-state index contributed by atoms with van der Waals surface area (Å²) >= 11 is 9.33. The Bertz CT molecular complexity index is 731. The predicted octanol–water partition coefficient (Wildman–Crippen LogP) is 4.36. The van der Waals surface area contributed by atoms with Crippen molar-refractivity contribution in [1.29, 1.82) is 0 Å². The molecule has 6 heteroatoms. The monoisotopic (exact) mass is 367 g/mol. The molecule has 0 heterocycles. The number of rotatable bonds is 3. The summed E-state index contributed by atoms with van der Waals surface area (Å²) in [5.74, 6) is -1.44. The third kappa shape index (κ3) is 3.62. The van der Waals surface area contributed by atoms with Crippen molar-refractivity contribution in [3.05, 3.63) is 62.6 Å². The van der Waals surface area contributed by atoms with Crippen LogP contribution in [0, 0.1) is 6.92 Å². The van der Waals surface area contributed by atoms with Crippen LogP contribution < -0.4 is 5.32 Å². The molecule has 0 spiro atoms. The number of carbonyl (C=O) groups is 2. The first-order valence-corrected chi connectivity index (χ1v) is 7.16. The van der Waals surface area contributed by atoms with Crippen LogP contribution in [0.3, 0.4) is 0 Å². The molecule has 21 heavy (non-hydrogen) atoms. The molecule has 2 N–H and O–H groups in total. The highest BCUT2D eigenvalue weighted by atomic mass is 79.9. The van der Waals surface area contributed by atoms with E-state index in [0.717, 1.165) is 10.0 Å². The van der Waals surface area contributed by atoms with Gasteiger partial charge in [-0.3, -0.25) is 4.79 Å². The number of aromatic carboxylic acids is 1. The van der Waals surface area contributed by atoms with E-state index in [2.05, 4.69) is 21.2 Å². The predicted molar refractivity (Wildman–Crippen MR) is 85.2 cm³/mol. The number of hydrogen-bond donors (Lipinski definition) is 2. The van der Waals surface area contributed by atoms with Crippen LogP contribution in [0.25, 0.3) is 0 Å². The number of nitrogens with one attached hydrogen (secondary N) is 1. The highest BCUT2D eigenvalue weighted by molar-refractivity contribution is 9.10. The normalized spacial score (nSPS) is 10.2. The van der Waals surface area contributed by atoms with E-state index in [-0.39, 0.29) is 22.2 Å². The molecule has 1 amide bonds. The molecule has 0 aliphatic heterocycles. The molecular formula is C15H11BrClNO3. The fourth-order valence-electron chi connectivity index (χ4n) is 1.68. The zero-order chi connectivity index (χ0) is 15.6. The summed E-state index contributed by atoms with van der Waals surface area (Å²) in [6.45, 7) is 1.92. The van der Waals surface area contributed by atoms with Crippen molar-refractivity contribution in [2.45, 2.75) is 6.92 Å². The molecule has 0 aliphatic rings. The van der Waals surface area contributed by atoms with Gasteiger partial charge in [-0.1, -0.05) is 33.6 Å². The maximum absolute atomic E-state index is 12.2. The molecule has 2 rings (SSSR count). The molecule has 0 saturated heterocycles. The van der Waals surface area contributed by atoms with Crippen LogP contribution in [-0.4, -0.2) is 17.0 Å². The molecule has 0 aliphatic carbocycles. The van der Waals surface area contributed by atoms with Crippen LogP contribution in [-0.2, 0) is 0 Å². The number of carboxylic acid groups (broad SMARTS) is 1. The highest BCUT2D eigenvalue weighted by Gasteiger charge is 2.12. The fraction of sp³-hybridized carbons (Fsp3) is 0.0667. The second-order valence-corrected chi connectivity index (χ2v) is 5.68. The van der Waals surface area contributed by atoms with E-state index in [1.54, 1.807) is 12.1 Å². The first-order chi connectivity index (χ1) is 9.88. The van der Waals surface area contributed by atoms with Gasteiger partial charge in [-0.15, -0.1) is 0 Å². The van der Waals surface area contributed by atoms with Gasteiger partial charge in [0.15, 0.2) is 0 Å². The first-order valence-electron chi connectivity index (χ1n) is 5.99. The Morgan fingerprint density at radius 2 is 1.81 bits per heavy atom. The van der Waals surface area contributed by atoms with E-state index in [1.807, 2.05) is 13.0 Å². The number of amides is 1. The Labute approximate surface area is 134 Å². The molecular weight excluding hydrogens is 358 g/mol. The Hall–Kier alpha value is -1.85. The maximum Gasteiger partial charge on any atom is 0.335 e. The lowest BCUT2D eigenvalue weighted by Crippen LogP contribution is -2.13. The number of aryl methyl sites for hydroxylation is 1. The number of anilines is 1. The molecule has 2 aromatic carbocycles. The minimum Gasteiger partial charge on any atom is -0.478 e. The van der Waals surface area contributed by atoms with E-state index in [9.17, 15) is 9.59 Å². The number of benzene rings is 2. The van der Waals surface area contributed by atoms with E-state index >= 15 is 0 Å². The molecule has 0 unspecified atom stereocenters. The van der Waals surface area contributed by atoms with E-state index in [4.69, 9.17) is 16.7 Å². The smallest absolute Gasteiger partial charge is 0.335 e. The van der Waals surface area contributed by atoms with Crippen molar-refractivity contribution >= 4 is 45.1 Å². The minimum atomic E-state index is -1.08. The zero-order valence-electron chi connectivity index (χ0n) is 11.0. The van der Waals surface area contributed by atoms with Gasteiger partial charge in [0.2, 0.25) is 0 Å². The molecule has 0 saturated carbocycles. The first kappa shape index (κ1) is 15.5. The molecule has 4 nitrogen and oxygen atoms in total. The van der Waals surface area contributed by atoms with Gasteiger partial charge < -0.3 is 10.4 Å². The van der Waals surface area contributed by atoms with E-state index in [1.165, 1.54) is 18.2 Å². The molecule has 2 aromatic rings. The largest absolute Gasteiger partial charge is 0.478 e. The fourth-order valence-corrected chi connectivity index (χ4v) is 2.23. The van der Waals surface area contributed by atoms with Crippen LogP contribution in [0.2, 0.25) is 5.02 Å². The highest BCUT2D eigenvalue weighted by Crippen LogP contribution is 2.24. The lowest BCUT2D eigenvalue weighted by atomic mass is 10.1. The zero-order valence-corrected chi connectivity index (χ0v) is 13.3. The summed E-state index contributed by atoms with van der Waals surface area (Å²) in [6.07, 6.45) is 0. The summed E-state index contributed by atoms with van der Waals surface area (Å²) in [6, 6.07) is 9.33. The quantitative estimate of drug-likeness (QED) is 0.846. The summed E-state index contributed by atoms with van der Waals surface area (Å²) < 4.78 is 0.820. The van der Waals surface area contributed by atoms with Gasteiger partial charge in [0.25, 0.3) is 5.91 Å². The number of carboxylic acids is 1. The SMILES string of the molecule is Cc1ccc(C(=O)Nc2cc(C(=O)O)ccc2Cl)cc1Br. The van der Waals surface area contributed by atoms with Gasteiger partial charge in [0.05, 0.1) is 16.3 Å². The van der Waals surface area contributed by atoms with Gasteiger partial charge in [0.1, 0.15) is 0 Å². The third-order valence-electron chi connectivity index (χ3n) is 2.90. The van der Waals surface area contributed by atoms with Crippen molar-refractivity contribution in [2.75, 3.05) is 5.32 Å². The average molecular weight is 369 g/mol. The Kier molecular flexibility index (Phi) is 4.65. The van der Waals surface area contributed by atoms with Gasteiger partial charge >= 0.3 is 5.97 Å². The Balaban J connectivity index is 2.28. The van der Waals surface area contributed by atoms with Gasteiger partial charge in [-0.05, 0) is 42.8 Å². The minimum absolute atomic E-state index is 0.0554. The molecule has 0 atom stereocenters. The lowest BCUT2D eigenvalue weighted by molar-refractivity contribution is 0.0696.